The molecule has 1 aliphatic rings. The normalized spacial score (nSPS) is 15.2. The van der Waals surface area contributed by atoms with E-state index in [2.05, 4.69) is 10.5 Å². The molecule has 6 heteroatoms. The smallest absolute Gasteiger partial charge is 0.277 e. The number of hydrogen-bond donors (Lipinski definition) is 1. The largest absolute Gasteiger partial charge is 0.483 e. The van der Waals surface area contributed by atoms with Gasteiger partial charge in [0.2, 0.25) is 0 Å². The summed E-state index contributed by atoms with van der Waals surface area (Å²) in [6.07, 6.45) is 2.44. The minimum absolute atomic E-state index is 0.109. The van der Waals surface area contributed by atoms with Crippen molar-refractivity contribution in [3.63, 3.8) is 0 Å². The highest BCUT2D eigenvalue weighted by atomic mass is 32.1. The number of fused-ring (bicyclic) bond motifs is 1. The summed E-state index contributed by atoms with van der Waals surface area (Å²) in [5, 5.41) is 5.84. The van der Waals surface area contributed by atoms with Crippen molar-refractivity contribution in [1.82, 2.24) is 5.43 Å². The Morgan fingerprint density at radius 2 is 2.30 bits per heavy atom. The molecule has 0 bridgehead atoms. The zero-order chi connectivity index (χ0) is 16.3. The number of rotatable bonds is 5. The van der Waals surface area contributed by atoms with Gasteiger partial charge in [0.15, 0.2) is 18.1 Å². The molecule has 120 valence electrons. The number of amides is 1. The molecule has 0 spiro atoms. The summed E-state index contributed by atoms with van der Waals surface area (Å²) < 4.78 is 11.5. The Kier molecular flexibility index (Phi) is 4.34. The average molecular weight is 330 g/mol. The monoisotopic (exact) mass is 330 g/mol. The molecular formula is C17H18N2O3S. The fourth-order valence-corrected chi connectivity index (χ4v) is 2.99. The lowest BCUT2D eigenvalue weighted by molar-refractivity contribution is -0.123. The van der Waals surface area contributed by atoms with Crippen molar-refractivity contribution >= 4 is 23.5 Å². The fraction of sp³-hybridized carbons (Fsp3) is 0.294. The van der Waals surface area contributed by atoms with Gasteiger partial charge in [0, 0.05) is 16.9 Å². The van der Waals surface area contributed by atoms with Gasteiger partial charge in [0.25, 0.3) is 5.91 Å². The zero-order valence-corrected chi connectivity index (χ0v) is 13.9. The van der Waals surface area contributed by atoms with Crippen LogP contribution in [0, 0.1) is 0 Å². The van der Waals surface area contributed by atoms with Gasteiger partial charge in [-0.1, -0.05) is 18.2 Å². The predicted molar refractivity (Wildman–Crippen MR) is 90.4 cm³/mol. The van der Waals surface area contributed by atoms with Crippen LogP contribution in [-0.4, -0.2) is 24.3 Å². The van der Waals surface area contributed by atoms with Crippen LogP contribution in [0.5, 0.6) is 11.5 Å². The lowest BCUT2D eigenvalue weighted by atomic mass is 10.0. The molecule has 1 aliphatic heterocycles. The molecule has 0 saturated carbocycles. The van der Waals surface area contributed by atoms with Gasteiger partial charge in [-0.25, -0.2) is 5.43 Å². The Hall–Kier alpha value is -2.34. The molecule has 3 rings (SSSR count). The van der Waals surface area contributed by atoms with E-state index in [0.717, 1.165) is 22.6 Å². The number of thiophene rings is 1. The fourth-order valence-electron chi connectivity index (χ4n) is 2.41. The third-order valence-electron chi connectivity index (χ3n) is 3.34. The number of hydrogen-bond acceptors (Lipinski definition) is 5. The van der Waals surface area contributed by atoms with E-state index in [9.17, 15) is 4.79 Å². The van der Waals surface area contributed by atoms with Gasteiger partial charge in [-0.2, -0.15) is 5.10 Å². The standard InChI is InChI=1S/C17H18N2O3S/c1-17(2)9-12-5-3-7-14(16(12)22-17)21-11-15(20)19-18-10-13-6-4-8-23-13/h3-8,10H,9,11H2,1-2H3,(H,19,20)/b18-10+. The van der Waals surface area contributed by atoms with Crippen molar-refractivity contribution in [2.24, 2.45) is 5.10 Å². The van der Waals surface area contributed by atoms with Crippen molar-refractivity contribution in [2.75, 3.05) is 6.61 Å². The minimum atomic E-state index is -0.312. The van der Waals surface area contributed by atoms with E-state index >= 15 is 0 Å². The Labute approximate surface area is 138 Å². The summed E-state index contributed by atoms with van der Waals surface area (Å²) in [7, 11) is 0. The van der Waals surface area contributed by atoms with Gasteiger partial charge in [-0.05, 0) is 31.4 Å². The van der Waals surface area contributed by atoms with E-state index in [1.807, 2.05) is 49.6 Å². The topological polar surface area (TPSA) is 59.9 Å². The Morgan fingerprint density at radius 1 is 1.43 bits per heavy atom. The molecule has 0 fully saturated rings. The van der Waals surface area contributed by atoms with Gasteiger partial charge in [-0.3, -0.25) is 4.79 Å². The molecule has 1 aromatic heterocycles. The van der Waals surface area contributed by atoms with Gasteiger partial charge in [0.1, 0.15) is 5.60 Å². The molecule has 23 heavy (non-hydrogen) atoms. The first-order chi connectivity index (χ1) is 11.0. The van der Waals surface area contributed by atoms with E-state index in [1.54, 1.807) is 17.6 Å². The number of para-hydroxylation sites is 1. The summed E-state index contributed by atoms with van der Waals surface area (Å²) >= 11 is 1.55. The molecule has 0 atom stereocenters. The van der Waals surface area contributed by atoms with Gasteiger partial charge >= 0.3 is 0 Å². The Balaban J connectivity index is 1.55. The summed E-state index contributed by atoms with van der Waals surface area (Å²) in [6, 6.07) is 9.58. The number of benzene rings is 1. The van der Waals surface area contributed by atoms with Crippen molar-refractivity contribution in [2.45, 2.75) is 25.9 Å². The number of nitrogens with one attached hydrogen (secondary N) is 1. The number of ether oxygens (including phenoxy) is 2. The molecule has 1 aromatic carbocycles. The quantitative estimate of drug-likeness (QED) is 0.677. The first-order valence-corrected chi connectivity index (χ1v) is 8.21. The van der Waals surface area contributed by atoms with E-state index in [4.69, 9.17) is 9.47 Å². The zero-order valence-electron chi connectivity index (χ0n) is 13.0. The molecule has 0 saturated heterocycles. The highest BCUT2D eigenvalue weighted by Crippen LogP contribution is 2.41. The lowest BCUT2D eigenvalue weighted by Gasteiger charge is -2.18. The van der Waals surface area contributed by atoms with E-state index in [-0.39, 0.29) is 18.1 Å². The maximum absolute atomic E-state index is 11.8. The molecule has 1 amide bonds. The molecule has 0 unspecified atom stereocenters. The summed E-state index contributed by atoms with van der Waals surface area (Å²) in [5.74, 6) is 1.01. The maximum Gasteiger partial charge on any atom is 0.277 e. The van der Waals surface area contributed by atoms with Gasteiger partial charge < -0.3 is 9.47 Å². The highest BCUT2D eigenvalue weighted by Gasteiger charge is 2.32. The Bertz CT molecular complexity index is 723. The first-order valence-electron chi connectivity index (χ1n) is 7.33. The average Bonchev–Trinajstić information content (AvgIpc) is 3.10. The third kappa shape index (κ3) is 3.90. The van der Waals surface area contributed by atoms with Crippen LogP contribution >= 0.6 is 11.3 Å². The van der Waals surface area contributed by atoms with Crippen LogP contribution in [0.1, 0.15) is 24.3 Å². The van der Waals surface area contributed by atoms with Crippen molar-refractivity contribution in [3.05, 3.63) is 46.2 Å². The van der Waals surface area contributed by atoms with Gasteiger partial charge in [-0.15, -0.1) is 11.3 Å². The van der Waals surface area contributed by atoms with Crippen LogP contribution in [-0.2, 0) is 11.2 Å². The van der Waals surface area contributed by atoms with Crippen LogP contribution in [0.25, 0.3) is 0 Å². The number of carbonyl (C=O) groups excluding carboxylic acids is 1. The minimum Gasteiger partial charge on any atom is -0.483 e. The summed E-state index contributed by atoms with van der Waals surface area (Å²) in [5.41, 5.74) is 3.31. The second-order valence-corrected chi connectivity index (χ2v) is 6.86. The van der Waals surface area contributed by atoms with Crippen molar-refractivity contribution in [3.8, 4) is 11.5 Å². The summed E-state index contributed by atoms with van der Waals surface area (Å²) in [4.78, 5) is 12.8. The molecular weight excluding hydrogens is 312 g/mol. The first kappa shape index (κ1) is 15.6. The molecule has 0 aliphatic carbocycles. The van der Waals surface area contributed by atoms with E-state index < -0.39 is 0 Å². The predicted octanol–water partition coefficient (Wildman–Crippen LogP) is 2.99. The number of nitrogens with zero attached hydrogens (tertiary/aromatic N) is 1. The van der Waals surface area contributed by atoms with Crippen LogP contribution in [0.4, 0.5) is 0 Å². The molecule has 0 radical (unpaired) electrons. The second-order valence-electron chi connectivity index (χ2n) is 5.88. The maximum atomic E-state index is 11.8. The number of hydrazone groups is 1. The Morgan fingerprint density at radius 3 is 3.09 bits per heavy atom. The van der Waals surface area contributed by atoms with Crippen LogP contribution < -0.4 is 14.9 Å². The summed E-state index contributed by atoms with van der Waals surface area (Å²) in [6.45, 7) is 3.95. The molecule has 5 nitrogen and oxygen atoms in total. The van der Waals surface area contributed by atoms with E-state index in [1.165, 1.54) is 0 Å². The van der Waals surface area contributed by atoms with Crippen LogP contribution in [0.15, 0.2) is 40.8 Å². The second kappa shape index (κ2) is 6.42. The lowest BCUT2D eigenvalue weighted by Crippen LogP contribution is -2.26. The highest BCUT2D eigenvalue weighted by molar-refractivity contribution is 7.11. The SMILES string of the molecule is CC1(C)Cc2cccc(OCC(=O)N/N=C/c3cccs3)c2O1. The molecule has 2 heterocycles. The molecule has 2 aromatic rings. The van der Waals surface area contributed by atoms with Crippen LogP contribution in [0.3, 0.4) is 0 Å². The van der Waals surface area contributed by atoms with Crippen molar-refractivity contribution in [1.29, 1.82) is 0 Å². The number of carbonyl (C=O) groups is 1. The van der Waals surface area contributed by atoms with Gasteiger partial charge in [0.05, 0.1) is 6.21 Å². The third-order valence-corrected chi connectivity index (χ3v) is 4.14. The molecule has 1 N–H and O–H groups in total. The van der Waals surface area contributed by atoms with Crippen LogP contribution in [0.2, 0.25) is 0 Å². The van der Waals surface area contributed by atoms with Crippen molar-refractivity contribution < 1.29 is 14.3 Å². The van der Waals surface area contributed by atoms with E-state index in [0.29, 0.717) is 5.75 Å².